The number of allylic oxidation sites excluding steroid dienone is 1. The number of pyridine rings is 1. The first-order chi connectivity index (χ1) is 21.1. The molecule has 3 heterocycles. The molecule has 234 valence electrons. The number of benzene rings is 1. The average molecular weight is 611 g/mol. The fourth-order valence-electron chi connectivity index (χ4n) is 4.98. The molecule has 4 rings (SSSR count). The third-order valence-corrected chi connectivity index (χ3v) is 6.73. The van der Waals surface area contributed by atoms with Crippen molar-refractivity contribution in [2.75, 3.05) is 20.8 Å². The summed E-state index contributed by atoms with van der Waals surface area (Å²) in [5.74, 6) is -2.61. The van der Waals surface area contributed by atoms with E-state index in [1.54, 1.807) is 30.6 Å². The highest BCUT2D eigenvalue weighted by atomic mass is 16.7. The SMILES string of the molecule is COC(=O)C1OC(Oc2ccc(C=C3CCCN=C3c3cccnc3)c(OC)c2)C(OC(C)=O)C(OC(C)=O)C1OC(C)=O. The average Bonchev–Trinajstić information content (AvgIpc) is 3.00. The second kappa shape index (κ2) is 14.6. The first-order valence-corrected chi connectivity index (χ1v) is 13.9. The Balaban J connectivity index is 1.68. The Labute approximate surface area is 254 Å². The predicted octanol–water partition coefficient (Wildman–Crippen LogP) is 2.83. The highest BCUT2D eigenvalue weighted by molar-refractivity contribution is 6.15. The van der Waals surface area contributed by atoms with Gasteiger partial charge in [-0.3, -0.25) is 24.4 Å². The molecule has 5 unspecified atom stereocenters. The monoisotopic (exact) mass is 610 g/mol. The number of hydrogen-bond acceptors (Lipinski definition) is 13. The van der Waals surface area contributed by atoms with Crippen molar-refractivity contribution in [3.05, 3.63) is 59.4 Å². The lowest BCUT2D eigenvalue weighted by Gasteiger charge is -2.43. The van der Waals surface area contributed by atoms with Crippen molar-refractivity contribution in [2.45, 2.75) is 64.3 Å². The number of hydrogen-bond donors (Lipinski definition) is 0. The van der Waals surface area contributed by atoms with Gasteiger partial charge in [0.1, 0.15) is 11.5 Å². The van der Waals surface area contributed by atoms with Crippen LogP contribution in [0.25, 0.3) is 6.08 Å². The minimum atomic E-state index is -1.58. The lowest BCUT2D eigenvalue weighted by molar-refractivity contribution is -0.282. The molecule has 1 aromatic carbocycles. The Bertz CT molecular complexity index is 1440. The van der Waals surface area contributed by atoms with Gasteiger partial charge in [0.15, 0.2) is 18.3 Å². The van der Waals surface area contributed by atoms with E-state index in [1.807, 2.05) is 18.2 Å². The van der Waals surface area contributed by atoms with E-state index in [2.05, 4.69) is 4.98 Å². The molecule has 0 spiro atoms. The van der Waals surface area contributed by atoms with Crippen molar-refractivity contribution in [2.24, 2.45) is 4.99 Å². The van der Waals surface area contributed by atoms with Crippen LogP contribution < -0.4 is 9.47 Å². The zero-order valence-corrected chi connectivity index (χ0v) is 25.0. The topological polar surface area (TPSA) is 158 Å². The molecule has 2 aliphatic rings. The minimum Gasteiger partial charge on any atom is -0.496 e. The maximum atomic E-state index is 12.7. The normalized spacial score (nSPS) is 24.0. The quantitative estimate of drug-likeness (QED) is 0.302. The number of nitrogens with zero attached hydrogens (tertiary/aromatic N) is 2. The zero-order chi connectivity index (χ0) is 31.8. The maximum absolute atomic E-state index is 12.7. The van der Waals surface area contributed by atoms with E-state index in [4.69, 9.17) is 38.2 Å². The number of rotatable bonds is 9. The molecule has 0 radical (unpaired) electrons. The molecule has 0 amide bonds. The molecule has 5 atom stereocenters. The second-order valence-corrected chi connectivity index (χ2v) is 9.94. The molecule has 0 aliphatic carbocycles. The molecule has 2 aromatic rings. The molecule has 2 aliphatic heterocycles. The summed E-state index contributed by atoms with van der Waals surface area (Å²) < 4.78 is 38.5. The maximum Gasteiger partial charge on any atom is 0.339 e. The molecule has 1 fully saturated rings. The van der Waals surface area contributed by atoms with Crippen molar-refractivity contribution >= 4 is 35.7 Å². The van der Waals surface area contributed by atoms with Gasteiger partial charge >= 0.3 is 23.9 Å². The van der Waals surface area contributed by atoms with Crippen LogP contribution in [-0.4, -0.2) is 86.0 Å². The van der Waals surface area contributed by atoms with Crippen LogP contribution in [-0.2, 0) is 42.9 Å². The largest absolute Gasteiger partial charge is 0.496 e. The Morgan fingerprint density at radius 1 is 0.932 bits per heavy atom. The van der Waals surface area contributed by atoms with Crippen LogP contribution in [0.2, 0.25) is 0 Å². The summed E-state index contributed by atoms with van der Waals surface area (Å²) in [6.07, 6.45) is -0.295. The molecular weight excluding hydrogens is 576 g/mol. The van der Waals surface area contributed by atoms with Crippen LogP contribution in [0.15, 0.2) is 53.3 Å². The second-order valence-electron chi connectivity index (χ2n) is 9.94. The van der Waals surface area contributed by atoms with E-state index in [1.165, 1.54) is 7.11 Å². The molecule has 44 heavy (non-hydrogen) atoms. The zero-order valence-electron chi connectivity index (χ0n) is 25.0. The third kappa shape index (κ3) is 7.78. The Hall–Kier alpha value is -4.78. The smallest absolute Gasteiger partial charge is 0.339 e. The van der Waals surface area contributed by atoms with E-state index in [0.29, 0.717) is 5.75 Å². The van der Waals surface area contributed by atoms with Crippen molar-refractivity contribution in [3.63, 3.8) is 0 Å². The Kier molecular flexibility index (Phi) is 10.7. The Morgan fingerprint density at radius 3 is 2.27 bits per heavy atom. The molecule has 1 aromatic heterocycles. The fourth-order valence-corrected chi connectivity index (χ4v) is 4.98. The van der Waals surface area contributed by atoms with Gasteiger partial charge in [0.2, 0.25) is 12.4 Å². The summed E-state index contributed by atoms with van der Waals surface area (Å²) >= 11 is 0. The van der Waals surface area contributed by atoms with Crippen LogP contribution in [0.5, 0.6) is 11.5 Å². The molecule has 0 N–H and O–H groups in total. The lowest BCUT2D eigenvalue weighted by atomic mass is 9.94. The molecule has 13 heteroatoms. The van der Waals surface area contributed by atoms with Crippen molar-refractivity contribution in [3.8, 4) is 11.5 Å². The van der Waals surface area contributed by atoms with Crippen molar-refractivity contribution < 1.29 is 52.3 Å². The first kappa shape index (κ1) is 32.1. The van der Waals surface area contributed by atoms with Crippen LogP contribution in [0.3, 0.4) is 0 Å². The van der Waals surface area contributed by atoms with Gasteiger partial charge in [0.25, 0.3) is 0 Å². The van der Waals surface area contributed by atoms with Gasteiger partial charge in [-0.1, -0.05) is 0 Å². The predicted molar refractivity (Wildman–Crippen MR) is 154 cm³/mol. The van der Waals surface area contributed by atoms with Gasteiger partial charge in [-0.25, -0.2) is 4.79 Å². The number of carbonyl (C=O) groups excluding carboxylic acids is 4. The van der Waals surface area contributed by atoms with Crippen LogP contribution in [0, 0.1) is 0 Å². The van der Waals surface area contributed by atoms with E-state index in [-0.39, 0.29) is 5.75 Å². The molecule has 0 saturated carbocycles. The number of methoxy groups -OCH3 is 2. The summed E-state index contributed by atoms with van der Waals surface area (Å²) in [5.41, 5.74) is 3.54. The summed E-state index contributed by atoms with van der Waals surface area (Å²) in [4.78, 5) is 57.7. The summed E-state index contributed by atoms with van der Waals surface area (Å²) in [7, 11) is 2.62. The molecule has 0 bridgehead atoms. The summed E-state index contributed by atoms with van der Waals surface area (Å²) in [5, 5.41) is 0. The first-order valence-electron chi connectivity index (χ1n) is 13.9. The molecule has 13 nitrogen and oxygen atoms in total. The lowest BCUT2D eigenvalue weighted by Crippen LogP contribution is -2.64. The minimum absolute atomic E-state index is 0.215. The van der Waals surface area contributed by atoms with Gasteiger partial charge < -0.3 is 33.2 Å². The van der Waals surface area contributed by atoms with Gasteiger partial charge in [-0.15, -0.1) is 0 Å². The van der Waals surface area contributed by atoms with Gasteiger partial charge in [-0.05, 0) is 48.8 Å². The van der Waals surface area contributed by atoms with E-state index < -0.39 is 54.6 Å². The highest BCUT2D eigenvalue weighted by Gasteiger charge is 2.55. The third-order valence-electron chi connectivity index (χ3n) is 6.73. The Morgan fingerprint density at radius 2 is 1.64 bits per heavy atom. The molecular formula is C31H34N2O11. The molecule has 1 saturated heterocycles. The van der Waals surface area contributed by atoms with Gasteiger partial charge in [0.05, 0.1) is 19.9 Å². The number of esters is 4. The van der Waals surface area contributed by atoms with Crippen molar-refractivity contribution in [1.29, 1.82) is 0 Å². The number of aromatic nitrogens is 1. The van der Waals surface area contributed by atoms with Crippen LogP contribution >= 0.6 is 0 Å². The summed E-state index contributed by atoms with van der Waals surface area (Å²) in [6, 6.07) is 8.82. The van der Waals surface area contributed by atoms with E-state index in [9.17, 15) is 19.2 Å². The number of aliphatic imine (C=N–C) groups is 1. The van der Waals surface area contributed by atoms with E-state index >= 15 is 0 Å². The standard InChI is InChI=1S/C31H34N2O11/c1-17(34)40-26-27(41-18(2)35)29(42-19(3)36)31(44-28(26)30(37)39-5)43-23-11-10-20(24(15-23)38-4)14-21-8-7-13-33-25(21)22-9-6-12-32-16-22/h6,9-12,14-16,26-29,31H,7-8,13H2,1-5H3. The highest BCUT2D eigenvalue weighted by Crippen LogP contribution is 2.34. The van der Waals surface area contributed by atoms with Crippen molar-refractivity contribution in [1.82, 2.24) is 4.98 Å². The fraction of sp³-hybridized carbons (Fsp3) is 0.419. The number of carbonyl (C=O) groups is 4. The number of ether oxygens (including phenoxy) is 7. The van der Waals surface area contributed by atoms with E-state index in [0.717, 1.165) is 69.7 Å². The van der Waals surface area contributed by atoms with Gasteiger partial charge in [0, 0.05) is 56.9 Å². The van der Waals surface area contributed by atoms with Crippen LogP contribution in [0.1, 0.15) is 44.7 Å². The van der Waals surface area contributed by atoms with Gasteiger partial charge in [-0.2, -0.15) is 0 Å². The summed E-state index contributed by atoms with van der Waals surface area (Å²) in [6.45, 7) is 4.07. The van der Waals surface area contributed by atoms with Crippen LogP contribution in [0.4, 0.5) is 0 Å².